The third-order valence-electron chi connectivity index (χ3n) is 8.51. The molecule has 0 spiro atoms. The smallest absolute Gasteiger partial charge is 0.253 e. The van der Waals surface area contributed by atoms with Crippen LogP contribution in [0.3, 0.4) is 0 Å². The third kappa shape index (κ3) is 5.22. The first-order valence-corrected chi connectivity index (χ1v) is 14.5. The average Bonchev–Trinajstić information content (AvgIpc) is 3.34. The van der Waals surface area contributed by atoms with Crippen LogP contribution in [0.25, 0.3) is 33.5 Å². The van der Waals surface area contributed by atoms with Gasteiger partial charge in [-0.2, -0.15) is 0 Å². The number of aromatic nitrogens is 3. The summed E-state index contributed by atoms with van der Waals surface area (Å²) in [6, 6.07) is 11.0. The molecule has 1 saturated heterocycles. The molecule has 0 radical (unpaired) electrons. The number of carbonyl (C=O) groups excluding carboxylic acids is 1. The Morgan fingerprint density at radius 2 is 1.93 bits per heavy atom. The van der Waals surface area contributed by atoms with E-state index in [-0.39, 0.29) is 12.5 Å². The Morgan fingerprint density at radius 1 is 1.15 bits per heavy atom. The van der Waals surface area contributed by atoms with E-state index in [2.05, 4.69) is 40.9 Å². The van der Waals surface area contributed by atoms with Gasteiger partial charge in [-0.1, -0.05) is 12.1 Å². The van der Waals surface area contributed by atoms with Crippen LogP contribution < -0.4 is 4.90 Å². The maximum Gasteiger partial charge on any atom is 0.253 e. The number of aromatic amines is 1. The molecule has 214 valence electrons. The fourth-order valence-corrected chi connectivity index (χ4v) is 6.66. The molecule has 2 aliphatic heterocycles. The lowest BCUT2D eigenvalue weighted by Crippen LogP contribution is -2.54. The molecule has 0 unspecified atom stereocenters. The van der Waals surface area contributed by atoms with Crippen molar-refractivity contribution in [1.29, 1.82) is 0 Å². The number of aryl methyl sites for hydroxylation is 3. The molecule has 1 amide bonds. The van der Waals surface area contributed by atoms with Gasteiger partial charge >= 0.3 is 0 Å². The Labute approximate surface area is 242 Å². The molecule has 4 aromatic rings. The van der Waals surface area contributed by atoms with Crippen LogP contribution in [0.4, 0.5) is 5.69 Å². The van der Waals surface area contributed by atoms with Crippen molar-refractivity contribution in [2.24, 2.45) is 0 Å². The number of carbonyl (C=O) groups is 1. The van der Waals surface area contributed by atoms with Gasteiger partial charge in [0.2, 0.25) is 0 Å². The first-order chi connectivity index (χ1) is 19.5. The fourth-order valence-electron chi connectivity index (χ4n) is 6.66. The molecule has 0 saturated carbocycles. The van der Waals surface area contributed by atoms with Crippen LogP contribution in [0.15, 0.2) is 42.7 Å². The quantitative estimate of drug-likeness (QED) is 0.369. The second-order valence-electron chi connectivity index (χ2n) is 12.6. The number of nitrogens with one attached hydrogen (secondary N) is 1. The summed E-state index contributed by atoms with van der Waals surface area (Å²) in [5.74, 6) is -0.108. The molecule has 4 heterocycles. The van der Waals surface area contributed by atoms with Crippen LogP contribution in [0.2, 0.25) is 0 Å². The Morgan fingerprint density at radius 3 is 2.68 bits per heavy atom. The van der Waals surface area contributed by atoms with Crippen molar-refractivity contribution in [1.82, 2.24) is 24.8 Å². The Kier molecular flexibility index (Phi) is 6.86. The first kappa shape index (κ1) is 27.4. The Hall–Kier alpha value is -3.75. The SMILES string of the molecule is Cc1cc(-c2c[nH]c3ncc(-c4cc(C)c5c(c4)CC[C@@H]4CN(C)CCN54)nc23)ccc1C(=O)N(C)CC(C)(C)O. The summed E-state index contributed by atoms with van der Waals surface area (Å²) in [6.45, 7) is 11.1. The van der Waals surface area contributed by atoms with Crippen molar-refractivity contribution >= 4 is 22.8 Å². The predicted molar refractivity (Wildman–Crippen MR) is 164 cm³/mol. The molecular weight excluding hydrogens is 512 g/mol. The number of nitrogens with zero attached hydrogens (tertiary/aromatic N) is 5. The number of amides is 1. The van der Waals surface area contributed by atoms with E-state index in [1.165, 1.54) is 23.2 Å². The number of rotatable bonds is 5. The summed E-state index contributed by atoms with van der Waals surface area (Å²) in [5, 5.41) is 10.1. The number of H-pyrrole nitrogens is 1. The van der Waals surface area contributed by atoms with Gasteiger partial charge in [-0.15, -0.1) is 0 Å². The van der Waals surface area contributed by atoms with Gasteiger partial charge in [0.1, 0.15) is 5.52 Å². The van der Waals surface area contributed by atoms with Crippen molar-refractivity contribution in [3.8, 4) is 22.4 Å². The van der Waals surface area contributed by atoms with Crippen molar-refractivity contribution in [2.45, 2.75) is 52.2 Å². The van der Waals surface area contributed by atoms with Crippen LogP contribution in [0.1, 0.15) is 47.3 Å². The molecule has 1 atom stereocenters. The summed E-state index contributed by atoms with van der Waals surface area (Å²) in [6.07, 6.45) is 6.06. The normalized spacial score (nSPS) is 17.4. The number of anilines is 1. The van der Waals surface area contributed by atoms with Crippen molar-refractivity contribution in [3.05, 3.63) is 65.0 Å². The monoisotopic (exact) mass is 552 g/mol. The molecule has 2 aliphatic rings. The second kappa shape index (κ2) is 10.3. The van der Waals surface area contributed by atoms with Crippen LogP contribution in [0, 0.1) is 13.8 Å². The molecule has 0 aliphatic carbocycles. The van der Waals surface area contributed by atoms with Gasteiger partial charge in [-0.05, 0) is 88.0 Å². The maximum atomic E-state index is 13.1. The molecular formula is C33H40N6O2. The molecule has 2 aromatic heterocycles. The lowest BCUT2D eigenvalue weighted by Gasteiger charge is -2.46. The molecule has 0 bridgehead atoms. The van der Waals surface area contributed by atoms with E-state index in [9.17, 15) is 9.90 Å². The number of aliphatic hydroxyl groups is 1. The number of hydrogen-bond donors (Lipinski definition) is 2. The molecule has 1 fully saturated rings. The predicted octanol–water partition coefficient (Wildman–Crippen LogP) is 4.82. The number of likely N-dealkylation sites (N-methyl/N-ethyl adjacent to an activating group) is 2. The van der Waals surface area contributed by atoms with Gasteiger partial charge in [-0.25, -0.2) is 9.97 Å². The molecule has 6 rings (SSSR count). The lowest BCUT2D eigenvalue weighted by molar-refractivity contribution is 0.0367. The summed E-state index contributed by atoms with van der Waals surface area (Å²) < 4.78 is 0. The summed E-state index contributed by atoms with van der Waals surface area (Å²) >= 11 is 0. The molecule has 41 heavy (non-hydrogen) atoms. The highest BCUT2D eigenvalue weighted by Gasteiger charge is 2.32. The van der Waals surface area contributed by atoms with E-state index in [1.807, 2.05) is 37.5 Å². The highest BCUT2D eigenvalue weighted by Crippen LogP contribution is 2.38. The van der Waals surface area contributed by atoms with E-state index in [4.69, 9.17) is 9.97 Å². The average molecular weight is 553 g/mol. The molecule has 2 aromatic carbocycles. The van der Waals surface area contributed by atoms with Crippen LogP contribution >= 0.6 is 0 Å². The minimum absolute atomic E-state index is 0.108. The zero-order valence-corrected chi connectivity index (χ0v) is 25.0. The van der Waals surface area contributed by atoms with Gasteiger partial charge in [0.05, 0.1) is 17.5 Å². The summed E-state index contributed by atoms with van der Waals surface area (Å²) in [4.78, 5) is 32.8. The second-order valence-corrected chi connectivity index (χ2v) is 12.6. The highest BCUT2D eigenvalue weighted by atomic mass is 16.3. The maximum absolute atomic E-state index is 13.1. The zero-order chi connectivity index (χ0) is 29.1. The first-order valence-electron chi connectivity index (χ1n) is 14.5. The minimum Gasteiger partial charge on any atom is -0.389 e. The van der Waals surface area contributed by atoms with Crippen molar-refractivity contribution in [2.75, 3.05) is 45.2 Å². The zero-order valence-electron chi connectivity index (χ0n) is 25.0. The van der Waals surface area contributed by atoms with Crippen LogP contribution in [-0.2, 0) is 6.42 Å². The fraction of sp³-hybridized carbons (Fsp3) is 0.424. The summed E-state index contributed by atoms with van der Waals surface area (Å²) in [7, 11) is 3.94. The molecule has 8 nitrogen and oxygen atoms in total. The van der Waals surface area contributed by atoms with Crippen molar-refractivity contribution < 1.29 is 9.90 Å². The topological polar surface area (TPSA) is 88.6 Å². The third-order valence-corrected chi connectivity index (χ3v) is 8.51. The largest absolute Gasteiger partial charge is 0.389 e. The van der Waals surface area contributed by atoms with Crippen LogP contribution in [0.5, 0.6) is 0 Å². The minimum atomic E-state index is -0.956. The number of hydrogen-bond acceptors (Lipinski definition) is 6. The standard InChI is InChI=1S/C33H40N6O2/c1-20-13-22(8-10-26(20)32(40)38(6)19-33(3,4)41)27-16-34-31-29(27)36-28(17-35-31)24-14-21(2)30-23(15-24)7-9-25-18-37(5)11-12-39(25)30/h8,10,13-17,25,41H,7,9,11-12,18-19H2,1-6H3,(H,34,35)/t25-/m1/s1. The molecule has 2 N–H and O–H groups in total. The van der Waals surface area contributed by atoms with Crippen molar-refractivity contribution in [3.63, 3.8) is 0 Å². The molecule has 8 heteroatoms. The van der Waals surface area contributed by atoms with Gasteiger partial charge in [0, 0.05) is 67.8 Å². The van der Waals surface area contributed by atoms with Gasteiger partial charge in [0.15, 0.2) is 5.65 Å². The lowest BCUT2D eigenvalue weighted by atomic mass is 9.89. The number of piperazine rings is 1. The Balaban J connectivity index is 1.32. The Bertz CT molecular complexity index is 1630. The van der Waals surface area contributed by atoms with E-state index in [0.717, 1.165) is 65.2 Å². The van der Waals surface area contributed by atoms with E-state index in [1.54, 1.807) is 25.8 Å². The van der Waals surface area contributed by atoms with Gasteiger partial charge < -0.3 is 24.8 Å². The highest BCUT2D eigenvalue weighted by molar-refractivity contribution is 5.97. The number of benzene rings is 2. The van der Waals surface area contributed by atoms with Gasteiger partial charge in [-0.3, -0.25) is 4.79 Å². The van der Waals surface area contributed by atoms with E-state index < -0.39 is 5.60 Å². The summed E-state index contributed by atoms with van der Waals surface area (Å²) in [5.41, 5.74) is 10.1. The van der Waals surface area contributed by atoms with E-state index in [0.29, 0.717) is 11.6 Å². The van der Waals surface area contributed by atoms with Gasteiger partial charge in [0.25, 0.3) is 5.91 Å². The van der Waals surface area contributed by atoms with E-state index >= 15 is 0 Å². The van der Waals surface area contributed by atoms with Crippen LogP contribution in [-0.4, -0.2) is 87.7 Å². The number of fused-ring (bicyclic) bond motifs is 4.